The van der Waals surface area contributed by atoms with Gasteiger partial charge >= 0.3 is 6.09 Å². The summed E-state index contributed by atoms with van der Waals surface area (Å²) < 4.78 is 7.16. The molecule has 2 aromatic rings. The maximum absolute atomic E-state index is 11.9. The van der Waals surface area contributed by atoms with Gasteiger partial charge in [-0.1, -0.05) is 12.1 Å². The molecule has 2 rings (SSSR count). The van der Waals surface area contributed by atoms with Gasteiger partial charge in [0.25, 0.3) is 0 Å². The van der Waals surface area contributed by atoms with E-state index in [0.717, 1.165) is 48.0 Å². The molecule has 178 valence electrons. The maximum Gasteiger partial charge on any atom is 0.412 e. The van der Waals surface area contributed by atoms with Crippen molar-refractivity contribution < 1.29 is 9.53 Å². The molecule has 9 heteroatoms. The normalized spacial score (nSPS) is 11.5. The van der Waals surface area contributed by atoms with Gasteiger partial charge in [-0.25, -0.2) is 9.79 Å². The number of amides is 1. The number of hydrogen-bond donors (Lipinski definition) is 3. The van der Waals surface area contributed by atoms with E-state index in [4.69, 9.17) is 9.73 Å². The van der Waals surface area contributed by atoms with Crippen LogP contribution in [0.2, 0.25) is 0 Å². The van der Waals surface area contributed by atoms with Crippen LogP contribution in [-0.4, -0.2) is 40.5 Å². The van der Waals surface area contributed by atoms with E-state index in [1.54, 1.807) is 0 Å². The molecule has 8 nitrogen and oxygen atoms in total. The Morgan fingerprint density at radius 3 is 2.34 bits per heavy atom. The average Bonchev–Trinajstić information content (AvgIpc) is 2.91. The average molecular weight is 556 g/mol. The van der Waals surface area contributed by atoms with Gasteiger partial charge in [-0.05, 0) is 65.7 Å². The fraction of sp³-hybridized carbons (Fsp3) is 0.522. The van der Waals surface area contributed by atoms with E-state index < -0.39 is 11.7 Å². The van der Waals surface area contributed by atoms with Gasteiger partial charge < -0.3 is 15.4 Å². The minimum absolute atomic E-state index is 0. The van der Waals surface area contributed by atoms with E-state index in [-0.39, 0.29) is 24.0 Å². The predicted molar refractivity (Wildman–Crippen MR) is 141 cm³/mol. The van der Waals surface area contributed by atoms with Crippen molar-refractivity contribution in [3.63, 3.8) is 0 Å². The topological polar surface area (TPSA) is 92.6 Å². The minimum Gasteiger partial charge on any atom is -0.444 e. The number of carbonyl (C=O) groups is 1. The van der Waals surface area contributed by atoms with Crippen molar-refractivity contribution in [3.8, 4) is 0 Å². The van der Waals surface area contributed by atoms with Crippen LogP contribution in [-0.2, 0) is 24.8 Å². The van der Waals surface area contributed by atoms with Crippen LogP contribution >= 0.6 is 24.0 Å². The number of nitrogens with zero attached hydrogens (tertiary/aromatic N) is 3. The van der Waals surface area contributed by atoms with Gasteiger partial charge in [0.2, 0.25) is 0 Å². The second kappa shape index (κ2) is 12.7. The highest BCUT2D eigenvalue weighted by molar-refractivity contribution is 14.0. The summed E-state index contributed by atoms with van der Waals surface area (Å²) in [5.74, 6) is 0.786. The third-order valence-corrected chi connectivity index (χ3v) is 4.70. The van der Waals surface area contributed by atoms with Gasteiger partial charge in [0, 0.05) is 37.1 Å². The number of hydrogen-bond acceptors (Lipinski definition) is 4. The number of anilines is 1. The molecule has 0 fully saturated rings. The standard InChI is InChI=1S/C23H36N6O2.HI/c1-8-24-21(26-15-20-16(2)28-29(7)17(20)3)25-14-13-18-9-11-19(12-10-18)27-22(30)31-23(4,5)6;/h9-12H,8,13-15H2,1-7H3,(H,27,30)(H2,24,25,26);1H. The van der Waals surface area contributed by atoms with Crippen molar-refractivity contribution >= 4 is 41.7 Å². The number of guanidine groups is 1. The molecule has 0 unspecified atom stereocenters. The molecular weight excluding hydrogens is 519 g/mol. The van der Waals surface area contributed by atoms with Crippen molar-refractivity contribution in [2.75, 3.05) is 18.4 Å². The monoisotopic (exact) mass is 556 g/mol. The van der Waals surface area contributed by atoms with Crippen molar-refractivity contribution in [2.45, 2.75) is 60.1 Å². The summed E-state index contributed by atoms with van der Waals surface area (Å²) in [5, 5.41) is 13.9. The molecule has 0 aliphatic rings. The molecule has 32 heavy (non-hydrogen) atoms. The first-order valence-electron chi connectivity index (χ1n) is 10.7. The zero-order chi connectivity index (χ0) is 23.0. The van der Waals surface area contributed by atoms with E-state index >= 15 is 0 Å². The number of rotatable bonds is 7. The SMILES string of the molecule is CCNC(=NCc1c(C)nn(C)c1C)NCCc1ccc(NC(=O)OC(C)(C)C)cc1.I. The highest BCUT2D eigenvalue weighted by Gasteiger charge is 2.16. The first kappa shape index (κ1) is 27.7. The molecule has 0 aliphatic heterocycles. The highest BCUT2D eigenvalue weighted by Crippen LogP contribution is 2.14. The largest absolute Gasteiger partial charge is 0.444 e. The Morgan fingerprint density at radius 1 is 1.16 bits per heavy atom. The van der Waals surface area contributed by atoms with Crippen molar-refractivity contribution in [1.82, 2.24) is 20.4 Å². The molecule has 0 saturated heterocycles. The predicted octanol–water partition coefficient (Wildman–Crippen LogP) is 4.30. The molecule has 0 bridgehead atoms. The zero-order valence-corrected chi connectivity index (χ0v) is 22.5. The summed E-state index contributed by atoms with van der Waals surface area (Å²) in [6, 6.07) is 7.76. The molecule has 3 N–H and O–H groups in total. The van der Waals surface area contributed by atoms with Gasteiger partial charge in [0.15, 0.2) is 5.96 Å². The smallest absolute Gasteiger partial charge is 0.412 e. The number of aromatic nitrogens is 2. The number of ether oxygens (including phenoxy) is 1. The van der Waals surface area contributed by atoms with E-state index in [9.17, 15) is 4.79 Å². The number of aryl methyl sites for hydroxylation is 2. The zero-order valence-electron chi connectivity index (χ0n) is 20.2. The first-order chi connectivity index (χ1) is 14.6. The number of carbonyl (C=O) groups excluding carboxylic acids is 1. The molecule has 1 aromatic heterocycles. The summed E-state index contributed by atoms with van der Waals surface area (Å²) in [6.07, 6.45) is 0.384. The van der Waals surface area contributed by atoms with Crippen LogP contribution in [0.15, 0.2) is 29.3 Å². The third-order valence-electron chi connectivity index (χ3n) is 4.70. The van der Waals surface area contributed by atoms with Gasteiger partial charge in [0.05, 0.1) is 12.2 Å². The Hall–Kier alpha value is -2.30. The first-order valence-corrected chi connectivity index (χ1v) is 10.7. The second-order valence-electron chi connectivity index (χ2n) is 8.47. The summed E-state index contributed by atoms with van der Waals surface area (Å²) >= 11 is 0. The van der Waals surface area contributed by atoms with Crippen molar-refractivity contribution in [2.24, 2.45) is 12.0 Å². The lowest BCUT2D eigenvalue weighted by molar-refractivity contribution is 0.0636. The van der Waals surface area contributed by atoms with Crippen LogP contribution in [0.25, 0.3) is 0 Å². The summed E-state index contributed by atoms with van der Waals surface area (Å²) in [4.78, 5) is 16.6. The lowest BCUT2D eigenvalue weighted by Gasteiger charge is -2.19. The van der Waals surface area contributed by atoms with Gasteiger partial charge in [-0.3, -0.25) is 10.00 Å². The second-order valence-corrected chi connectivity index (χ2v) is 8.47. The number of aliphatic imine (C=N–C) groups is 1. The maximum atomic E-state index is 11.9. The van der Waals surface area contributed by atoms with Crippen LogP contribution < -0.4 is 16.0 Å². The third kappa shape index (κ3) is 9.05. The Bertz CT molecular complexity index is 900. The Balaban J connectivity index is 0.00000512. The molecule has 0 aliphatic carbocycles. The van der Waals surface area contributed by atoms with Crippen LogP contribution in [0.4, 0.5) is 10.5 Å². The lowest BCUT2D eigenvalue weighted by Crippen LogP contribution is -2.38. The molecule has 0 spiro atoms. The number of benzene rings is 1. The van der Waals surface area contributed by atoms with Crippen molar-refractivity contribution in [3.05, 3.63) is 46.8 Å². The molecule has 1 heterocycles. The van der Waals surface area contributed by atoms with Gasteiger partial charge in [-0.15, -0.1) is 24.0 Å². The van der Waals surface area contributed by atoms with Gasteiger partial charge in [0.1, 0.15) is 5.60 Å². The van der Waals surface area contributed by atoms with E-state index in [1.807, 2.05) is 70.6 Å². The van der Waals surface area contributed by atoms with Crippen LogP contribution in [0.3, 0.4) is 0 Å². The van der Waals surface area contributed by atoms with Crippen LogP contribution in [0.1, 0.15) is 50.2 Å². The van der Waals surface area contributed by atoms with E-state index in [1.165, 1.54) is 0 Å². The van der Waals surface area contributed by atoms with E-state index in [2.05, 4.69) is 28.0 Å². The summed E-state index contributed by atoms with van der Waals surface area (Å²) in [5.41, 5.74) is 4.67. The molecule has 0 radical (unpaired) electrons. The van der Waals surface area contributed by atoms with Gasteiger partial charge in [-0.2, -0.15) is 5.10 Å². The van der Waals surface area contributed by atoms with Crippen LogP contribution in [0, 0.1) is 13.8 Å². The quantitative estimate of drug-likeness (QED) is 0.269. The molecular formula is C23H37IN6O2. The summed E-state index contributed by atoms with van der Waals surface area (Å²) in [7, 11) is 1.95. The molecule has 1 aromatic carbocycles. The van der Waals surface area contributed by atoms with Crippen LogP contribution in [0.5, 0.6) is 0 Å². The lowest BCUT2D eigenvalue weighted by atomic mass is 10.1. The summed E-state index contributed by atoms with van der Waals surface area (Å²) in [6.45, 7) is 13.8. The number of halogens is 1. The molecule has 0 atom stereocenters. The Morgan fingerprint density at radius 2 is 1.81 bits per heavy atom. The Labute approximate surface area is 208 Å². The fourth-order valence-electron chi connectivity index (χ4n) is 3.05. The van der Waals surface area contributed by atoms with E-state index in [0.29, 0.717) is 12.2 Å². The highest BCUT2D eigenvalue weighted by atomic mass is 127. The molecule has 1 amide bonds. The van der Waals surface area contributed by atoms with Crippen molar-refractivity contribution in [1.29, 1.82) is 0 Å². The number of nitrogens with one attached hydrogen (secondary N) is 3. The Kier molecular flexibility index (Phi) is 11.0. The molecule has 0 saturated carbocycles. The minimum atomic E-state index is -0.518. The fourth-order valence-corrected chi connectivity index (χ4v) is 3.05.